The number of hydrogen-bond donors (Lipinski definition) is 0. The molecule has 0 radical (unpaired) electrons. The molecule has 0 aromatic carbocycles. The van der Waals surface area contributed by atoms with Gasteiger partial charge in [0.25, 0.3) is 0 Å². The van der Waals surface area contributed by atoms with E-state index >= 15 is 0 Å². The molecule has 0 saturated carbocycles. The van der Waals surface area contributed by atoms with Gasteiger partial charge in [-0.1, -0.05) is 6.08 Å². The number of rotatable bonds is 0. The lowest BCUT2D eigenvalue weighted by Crippen LogP contribution is -1.97. The molecule has 0 aromatic rings. The molecule has 0 N–H and O–H groups in total. The Hall–Kier alpha value is -0.310. The van der Waals surface area contributed by atoms with Crippen LogP contribution in [0, 0.1) is 0 Å². The Labute approximate surface area is 55.5 Å². The highest BCUT2D eigenvalue weighted by Gasteiger charge is 2.22. The molecular formula is C6H10O2S. The van der Waals surface area contributed by atoms with Crippen molar-refractivity contribution in [3.8, 4) is 0 Å². The van der Waals surface area contributed by atoms with Crippen molar-refractivity contribution in [3.05, 3.63) is 11.0 Å². The molecule has 0 spiro atoms. The zero-order valence-corrected chi connectivity index (χ0v) is 6.24. The first-order valence-electron chi connectivity index (χ1n) is 3.05. The first-order chi connectivity index (χ1) is 4.17. The van der Waals surface area contributed by atoms with E-state index in [2.05, 4.69) is 0 Å². The van der Waals surface area contributed by atoms with E-state index in [-0.39, 0.29) is 0 Å². The standard InChI is InChI=1S/C6H10O2S/c1-2-6-4-3-5-9(6,7)8/h2H,3-5H2,1H3/b6-2-. The van der Waals surface area contributed by atoms with Crippen LogP contribution in [0.4, 0.5) is 0 Å². The van der Waals surface area contributed by atoms with E-state index < -0.39 is 9.84 Å². The van der Waals surface area contributed by atoms with Crippen LogP contribution in [-0.2, 0) is 9.84 Å². The topological polar surface area (TPSA) is 34.1 Å². The third-order valence-corrected chi connectivity index (χ3v) is 3.62. The van der Waals surface area contributed by atoms with Gasteiger partial charge < -0.3 is 0 Å². The van der Waals surface area contributed by atoms with Gasteiger partial charge in [0.2, 0.25) is 0 Å². The van der Waals surface area contributed by atoms with Crippen molar-refractivity contribution in [1.82, 2.24) is 0 Å². The quantitative estimate of drug-likeness (QED) is 0.513. The van der Waals surface area contributed by atoms with E-state index in [1.165, 1.54) is 0 Å². The summed E-state index contributed by atoms with van der Waals surface area (Å²) in [7, 11) is -2.78. The van der Waals surface area contributed by atoms with Crippen molar-refractivity contribution < 1.29 is 8.42 Å². The van der Waals surface area contributed by atoms with Crippen molar-refractivity contribution in [3.63, 3.8) is 0 Å². The smallest absolute Gasteiger partial charge is 0.174 e. The number of allylic oxidation sites excluding steroid dienone is 2. The Kier molecular flexibility index (Phi) is 1.62. The summed E-state index contributed by atoms with van der Waals surface area (Å²) in [4.78, 5) is 0.627. The lowest BCUT2D eigenvalue weighted by atomic mass is 10.3. The average molecular weight is 146 g/mol. The van der Waals surface area contributed by atoms with Crippen molar-refractivity contribution >= 4 is 9.84 Å². The average Bonchev–Trinajstić information content (AvgIpc) is 2.08. The highest BCUT2D eigenvalue weighted by molar-refractivity contribution is 7.95. The molecule has 1 aliphatic heterocycles. The SMILES string of the molecule is C/C=C1/CCCS1(=O)=O. The van der Waals surface area contributed by atoms with Crippen LogP contribution in [0.1, 0.15) is 19.8 Å². The van der Waals surface area contributed by atoms with Crippen molar-refractivity contribution in [2.45, 2.75) is 19.8 Å². The second-order valence-electron chi connectivity index (χ2n) is 2.18. The van der Waals surface area contributed by atoms with Gasteiger partial charge in [-0.3, -0.25) is 0 Å². The van der Waals surface area contributed by atoms with Crippen LogP contribution in [0.25, 0.3) is 0 Å². The first-order valence-corrected chi connectivity index (χ1v) is 4.70. The minimum Gasteiger partial charge on any atom is -0.224 e. The van der Waals surface area contributed by atoms with Crippen LogP contribution in [0.2, 0.25) is 0 Å². The Morgan fingerprint density at radius 3 is 2.44 bits per heavy atom. The van der Waals surface area contributed by atoms with Gasteiger partial charge in [0, 0.05) is 4.91 Å². The molecule has 0 aromatic heterocycles. The Morgan fingerprint density at radius 2 is 2.22 bits per heavy atom. The van der Waals surface area contributed by atoms with Gasteiger partial charge in [0.1, 0.15) is 0 Å². The molecule has 0 bridgehead atoms. The predicted molar refractivity (Wildman–Crippen MR) is 36.8 cm³/mol. The summed E-state index contributed by atoms with van der Waals surface area (Å²) in [6.45, 7) is 1.78. The maximum absolute atomic E-state index is 10.9. The van der Waals surface area contributed by atoms with Gasteiger partial charge in [-0.15, -0.1) is 0 Å². The normalized spacial score (nSPS) is 29.2. The number of sulfone groups is 1. The summed E-state index contributed by atoms with van der Waals surface area (Å²) >= 11 is 0. The summed E-state index contributed by atoms with van der Waals surface area (Å²) in [6.07, 6.45) is 3.25. The molecule has 9 heavy (non-hydrogen) atoms. The van der Waals surface area contributed by atoms with Crippen molar-refractivity contribution in [1.29, 1.82) is 0 Å². The van der Waals surface area contributed by atoms with Gasteiger partial charge in [-0.25, -0.2) is 8.42 Å². The maximum Gasteiger partial charge on any atom is 0.174 e. The summed E-state index contributed by atoms with van der Waals surface area (Å²) in [6, 6.07) is 0. The summed E-state index contributed by atoms with van der Waals surface area (Å²) in [5.41, 5.74) is 0. The zero-order chi connectivity index (χ0) is 6.91. The predicted octanol–water partition coefficient (Wildman–Crippen LogP) is 1.10. The van der Waals surface area contributed by atoms with Crippen LogP contribution in [0.15, 0.2) is 11.0 Å². The Bertz CT molecular complexity index is 223. The molecule has 2 nitrogen and oxygen atoms in total. The van der Waals surface area contributed by atoms with Crippen molar-refractivity contribution in [2.24, 2.45) is 0 Å². The summed E-state index contributed by atoms with van der Waals surface area (Å²) in [5, 5.41) is 0. The number of hydrogen-bond acceptors (Lipinski definition) is 2. The second-order valence-corrected chi connectivity index (χ2v) is 4.34. The molecule has 0 aliphatic carbocycles. The highest BCUT2D eigenvalue weighted by atomic mass is 32.2. The molecule has 0 unspecified atom stereocenters. The van der Waals surface area contributed by atoms with E-state index in [1.807, 2.05) is 0 Å². The van der Waals surface area contributed by atoms with Crippen LogP contribution in [0.5, 0.6) is 0 Å². The molecule has 52 valence electrons. The van der Waals surface area contributed by atoms with E-state index in [9.17, 15) is 8.42 Å². The highest BCUT2D eigenvalue weighted by Crippen LogP contribution is 2.22. The lowest BCUT2D eigenvalue weighted by Gasteiger charge is -1.90. The third-order valence-electron chi connectivity index (χ3n) is 1.56. The second kappa shape index (κ2) is 2.14. The Balaban J connectivity index is 3.03. The third kappa shape index (κ3) is 1.15. The Morgan fingerprint density at radius 1 is 1.56 bits per heavy atom. The van der Waals surface area contributed by atoms with E-state index in [4.69, 9.17) is 0 Å². The van der Waals surface area contributed by atoms with Crippen LogP contribution >= 0.6 is 0 Å². The largest absolute Gasteiger partial charge is 0.224 e. The molecule has 1 rings (SSSR count). The van der Waals surface area contributed by atoms with Crippen LogP contribution < -0.4 is 0 Å². The lowest BCUT2D eigenvalue weighted by molar-refractivity contribution is 0.605. The fourth-order valence-corrected chi connectivity index (χ4v) is 2.65. The van der Waals surface area contributed by atoms with Crippen molar-refractivity contribution in [2.75, 3.05) is 5.75 Å². The van der Waals surface area contributed by atoms with Gasteiger partial charge >= 0.3 is 0 Å². The van der Waals surface area contributed by atoms with E-state index in [0.29, 0.717) is 10.7 Å². The molecule has 1 aliphatic rings. The molecule has 1 fully saturated rings. The van der Waals surface area contributed by atoms with E-state index in [1.54, 1.807) is 13.0 Å². The van der Waals surface area contributed by atoms with Gasteiger partial charge in [-0.05, 0) is 19.8 Å². The molecular weight excluding hydrogens is 136 g/mol. The summed E-state index contributed by atoms with van der Waals surface area (Å²) < 4.78 is 21.8. The van der Waals surface area contributed by atoms with Gasteiger partial charge in [0.15, 0.2) is 9.84 Å². The van der Waals surface area contributed by atoms with Crippen LogP contribution in [0.3, 0.4) is 0 Å². The summed E-state index contributed by atoms with van der Waals surface area (Å²) in [5.74, 6) is 0.354. The first kappa shape index (κ1) is 6.81. The van der Waals surface area contributed by atoms with Gasteiger partial charge in [-0.2, -0.15) is 0 Å². The zero-order valence-electron chi connectivity index (χ0n) is 5.42. The molecule has 1 saturated heterocycles. The maximum atomic E-state index is 10.9. The monoisotopic (exact) mass is 146 g/mol. The van der Waals surface area contributed by atoms with E-state index in [0.717, 1.165) is 12.8 Å². The molecule has 3 heteroatoms. The molecule has 1 heterocycles. The minimum atomic E-state index is -2.78. The van der Waals surface area contributed by atoms with Crippen LogP contribution in [-0.4, -0.2) is 14.2 Å². The minimum absolute atomic E-state index is 0.354. The molecule has 0 atom stereocenters. The fourth-order valence-electron chi connectivity index (χ4n) is 1.05. The molecule has 0 amide bonds. The van der Waals surface area contributed by atoms with Gasteiger partial charge in [0.05, 0.1) is 5.75 Å². The fraction of sp³-hybridized carbons (Fsp3) is 0.667.